The van der Waals surface area contributed by atoms with Crippen LogP contribution in [0, 0.1) is 0 Å². The van der Waals surface area contributed by atoms with Crippen molar-refractivity contribution in [2.75, 3.05) is 0 Å². The Morgan fingerprint density at radius 2 is 2.00 bits per heavy atom. The van der Waals surface area contributed by atoms with Gasteiger partial charge in [-0.25, -0.2) is 0 Å². The van der Waals surface area contributed by atoms with Crippen molar-refractivity contribution in [2.45, 2.75) is 13.8 Å². The molecule has 0 unspecified atom stereocenters. The van der Waals surface area contributed by atoms with Gasteiger partial charge in [0.25, 0.3) is 5.91 Å². The van der Waals surface area contributed by atoms with Gasteiger partial charge >= 0.3 is 0 Å². The van der Waals surface area contributed by atoms with Gasteiger partial charge in [0.1, 0.15) is 0 Å². The van der Waals surface area contributed by atoms with Gasteiger partial charge in [0.15, 0.2) is 0 Å². The number of ketones is 1. The van der Waals surface area contributed by atoms with E-state index in [9.17, 15) is 9.59 Å². The summed E-state index contributed by atoms with van der Waals surface area (Å²) in [5.74, 6) is -1.12. The number of Topliss-reactive ketones (excluding diaryl/α,β-unsaturated/α-hetero) is 1. The minimum Gasteiger partial charge on any atom is -0.320 e. The second-order valence-electron chi connectivity index (χ2n) is 2.35. The van der Waals surface area contributed by atoms with Crippen LogP contribution in [0.15, 0.2) is 36.6 Å². The van der Waals surface area contributed by atoms with Gasteiger partial charge in [0.05, 0.1) is 0 Å². The quantitative estimate of drug-likeness (QED) is 0.523. The van der Waals surface area contributed by atoms with Gasteiger partial charge in [-0.2, -0.15) is 0 Å². The lowest BCUT2D eigenvalue weighted by atomic mass is 10.3. The van der Waals surface area contributed by atoms with Crippen LogP contribution in [0.1, 0.15) is 13.8 Å². The summed E-state index contributed by atoms with van der Waals surface area (Å²) in [5, 5.41) is 2.44. The van der Waals surface area contributed by atoms with Crippen molar-refractivity contribution in [2.24, 2.45) is 0 Å². The van der Waals surface area contributed by atoms with E-state index in [1.165, 1.54) is 6.92 Å². The summed E-state index contributed by atoms with van der Waals surface area (Å²) in [6, 6.07) is 0. The van der Waals surface area contributed by atoms with Crippen LogP contribution in [-0.4, -0.2) is 11.7 Å². The molecule has 0 saturated heterocycles. The molecular weight excluding hydrogens is 166 g/mol. The fraction of sp³-hybridized carbons (Fsp3) is 0.200. The molecule has 0 rings (SSSR count). The summed E-state index contributed by atoms with van der Waals surface area (Å²) in [4.78, 5) is 21.5. The van der Waals surface area contributed by atoms with Crippen molar-refractivity contribution in [3.8, 4) is 0 Å². The molecule has 0 heterocycles. The molecule has 0 fully saturated rings. The van der Waals surface area contributed by atoms with Crippen LogP contribution in [0.2, 0.25) is 0 Å². The Hall–Kier alpha value is -1.64. The first-order valence-electron chi connectivity index (χ1n) is 3.89. The molecule has 3 nitrogen and oxygen atoms in total. The largest absolute Gasteiger partial charge is 0.320 e. The summed E-state index contributed by atoms with van der Waals surface area (Å²) in [6.07, 6.45) is 6.62. The zero-order valence-electron chi connectivity index (χ0n) is 7.83. The van der Waals surface area contributed by atoms with E-state index in [0.29, 0.717) is 5.70 Å². The van der Waals surface area contributed by atoms with Gasteiger partial charge in [-0.15, -0.1) is 0 Å². The van der Waals surface area contributed by atoms with Crippen molar-refractivity contribution < 1.29 is 9.59 Å². The van der Waals surface area contributed by atoms with Crippen LogP contribution in [-0.2, 0) is 9.59 Å². The fourth-order valence-electron chi connectivity index (χ4n) is 0.601. The minimum atomic E-state index is -0.609. The molecule has 0 spiro atoms. The Morgan fingerprint density at radius 1 is 1.38 bits per heavy atom. The van der Waals surface area contributed by atoms with Gasteiger partial charge in [-0.3, -0.25) is 9.59 Å². The number of hydrogen-bond donors (Lipinski definition) is 1. The zero-order valence-corrected chi connectivity index (χ0v) is 7.83. The summed E-state index contributed by atoms with van der Waals surface area (Å²) < 4.78 is 0. The van der Waals surface area contributed by atoms with Crippen molar-refractivity contribution >= 4 is 11.7 Å². The maximum Gasteiger partial charge on any atom is 0.291 e. The van der Waals surface area contributed by atoms with Crippen molar-refractivity contribution in [1.82, 2.24) is 5.32 Å². The highest BCUT2D eigenvalue weighted by molar-refractivity contribution is 6.35. The molecule has 1 N–H and O–H groups in total. The Morgan fingerprint density at radius 3 is 2.38 bits per heavy atom. The van der Waals surface area contributed by atoms with E-state index < -0.39 is 11.7 Å². The van der Waals surface area contributed by atoms with Crippen LogP contribution in [0.4, 0.5) is 0 Å². The molecule has 1 amide bonds. The molecule has 0 aromatic heterocycles. The molecule has 13 heavy (non-hydrogen) atoms. The Labute approximate surface area is 77.8 Å². The van der Waals surface area contributed by atoms with Crippen molar-refractivity contribution in [3.05, 3.63) is 36.6 Å². The summed E-state index contributed by atoms with van der Waals surface area (Å²) >= 11 is 0. The minimum absolute atomic E-state index is 0.508. The smallest absolute Gasteiger partial charge is 0.291 e. The van der Waals surface area contributed by atoms with Crippen LogP contribution in [0.5, 0.6) is 0 Å². The normalized spacial score (nSPS) is 11.4. The lowest BCUT2D eigenvalue weighted by Crippen LogP contribution is -2.27. The highest BCUT2D eigenvalue weighted by Crippen LogP contribution is 1.92. The molecule has 0 atom stereocenters. The Bertz CT molecular complexity index is 275. The van der Waals surface area contributed by atoms with Gasteiger partial charge in [0.2, 0.25) is 5.78 Å². The van der Waals surface area contributed by atoms with Gasteiger partial charge < -0.3 is 5.32 Å². The van der Waals surface area contributed by atoms with E-state index in [2.05, 4.69) is 11.9 Å². The van der Waals surface area contributed by atoms with E-state index >= 15 is 0 Å². The molecule has 0 aliphatic rings. The second-order valence-corrected chi connectivity index (χ2v) is 2.35. The third kappa shape index (κ3) is 4.74. The van der Waals surface area contributed by atoms with E-state index in [4.69, 9.17) is 0 Å². The molecule has 3 heteroatoms. The third-order valence-corrected chi connectivity index (χ3v) is 1.30. The summed E-state index contributed by atoms with van der Waals surface area (Å²) in [6.45, 7) is 6.48. The van der Waals surface area contributed by atoms with E-state index in [1.807, 2.05) is 0 Å². The van der Waals surface area contributed by atoms with Gasteiger partial charge in [-0.1, -0.05) is 24.8 Å². The average molecular weight is 179 g/mol. The van der Waals surface area contributed by atoms with Crippen molar-refractivity contribution in [1.29, 1.82) is 0 Å². The molecule has 0 aromatic rings. The number of allylic oxidation sites excluding steroid dienone is 4. The highest BCUT2D eigenvalue weighted by atomic mass is 16.2. The molecule has 0 aliphatic carbocycles. The zero-order chi connectivity index (χ0) is 10.3. The first kappa shape index (κ1) is 11.4. The van der Waals surface area contributed by atoms with Crippen LogP contribution in [0.3, 0.4) is 0 Å². The fourth-order valence-corrected chi connectivity index (χ4v) is 0.601. The molecule has 0 radical (unpaired) electrons. The number of hydrogen-bond acceptors (Lipinski definition) is 2. The van der Waals surface area contributed by atoms with Crippen LogP contribution in [0.25, 0.3) is 0 Å². The molecular formula is C10H13NO2. The molecule has 70 valence electrons. The van der Waals surface area contributed by atoms with Crippen LogP contribution >= 0.6 is 0 Å². The van der Waals surface area contributed by atoms with Crippen molar-refractivity contribution in [3.63, 3.8) is 0 Å². The predicted octanol–water partition coefficient (Wildman–Crippen LogP) is 1.34. The summed E-state index contributed by atoms with van der Waals surface area (Å²) in [7, 11) is 0. The SMILES string of the molecule is C=C/C=C\C(=C/C)NC(=O)C(C)=O. The Kier molecular flexibility index (Phi) is 5.19. The number of amides is 1. The number of carbonyl (C=O) groups excluding carboxylic acids is 2. The average Bonchev–Trinajstić information content (AvgIpc) is 2.11. The van der Waals surface area contributed by atoms with E-state index in [1.54, 1.807) is 31.2 Å². The second kappa shape index (κ2) is 5.94. The van der Waals surface area contributed by atoms with Crippen LogP contribution < -0.4 is 5.32 Å². The number of rotatable bonds is 4. The molecule has 0 saturated carbocycles. The standard InChI is InChI=1S/C10H13NO2/c1-4-6-7-9(5-2)11-10(13)8(3)12/h4-7H,1H2,2-3H3,(H,11,13)/b7-6-,9-5+. The van der Waals surface area contributed by atoms with E-state index in [0.717, 1.165) is 0 Å². The first-order valence-corrected chi connectivity index (χ1v) is 3.89. The van der Waals surface area contributed by atoms with Gasteiger partial charge in [-0.05, 0) is 13.0 Å². The molecule has 0 aliphatic heterocycles. The lowest BCUT2D eigenvalue weighted by Gasteiger charge is -2.01. The molecule has 0 aromatic carbocycles. The maximum absolute atomic E-state index is 10.9. The van der Waals surface area contributed by atoms with E-state index in [-0.39, 0.29) is 0 Å². The molecule has 0 bridgehead atoms. The Balaban J connectivity index is 4.31. The first-order chi connectivity index (χ1) is 6.11. The third-order valence-electron chi connectivity index (χ3n) is 1.30. The number of nitrogens with one attached hydrogen (secondary N) is 1. The highest BCUT2D eigenvalue weighted by Gasteiger charge is 2.06. The summed E-state index contributed by atoms with van der Waals surface area (Å²) in [5.41, 5.74) is 0.583. The topological polar surface area (TPSA) is 46.2 Å². The predicted molar refractivity (Wildman–Crippen MR) is 51.9 cm³/mol. The maximum atomic E-state index is 10.9. The van der Waals surface area contributed by atoms with Gasteiger partial charge in [0, 0.05) is 12.6 Å². The number of carbonyl (C=O) groups is 2. The monoisotopic (exact) mass is 179 g/mol. The lowest BCUT2D eigenvalue weighted by molar-refractivity contribution is -0.136.